The lowest BCUT2D eigenvalue weighted by atomic mass is 9.98. The van der Waals surface area contributed by atoms with Gasteiger partial charge in [0.05, 0.1) is 19.8 Å². The Morgan fingerprint density at radius 1 is 1.17 bits per heavy atom. The van der Waals surface area contributed by atoms with Crippen molar-refractivity contribution in [1.29, 1.82) is 5.26 Å². The number of sulfonamides is 1. The number of morpholine rings is 1. The second kappa shape index (κ2) is 12.2. The molecule has 0 aliphatic carbocycles. The lowest BCUT2D eigenvalue weighted by Gasteiger charge is -2.40. The third-order valence-corrected chi connectivity index (χ3v) is 7.60. The highest BCUT2D eigenvalue weighted by atomic mass is 32.2. The molecule has 1 unspecified atom stereocenters. The van der Waals surface area contributed by atoms with E-state index in [1.54, 1.807) is 30.3 Å². The summed E-state index contributed by atoms with van der Waals surface area (Å²) >= 11 is 0. The maximum Gasteiger partial charge on any atom is 0.251 e. The molecule has 6 N–H and O–H groups in total. The molecule has 1 aromatic rings. The van der Waals surface area contributed by atoms with Crippen LogP contribution in [0.5, 0.6) is 0 Å². The van der Waals surface area contributed by atoms with Crippen LogP contribution < -0.4 is 10.0 Å². The summed E-state index contributed by atoms with van der Waals surface area (Å²) in [6.45, 7) is 5.63. The van der Waals surface area contributed by atoms with Crippen LogP contribution in [-0.4, -0.2) is 110 Å². The number of nitrogens with one attached hydrogen (secondary N) is 2. The fourth-order valence-electron chi connectivity index (χ4n) is 3.96. The van der Waals surface area contributed by atoms with Crippen LogP contribution in [0.25, 0.3) is 5.57 Å². The number of rotatable bonds is 9. The highest BCUT2D eigenvalue weighted by Crippen LogP contribution is 2.25. The van der Waals surface area contributed by atoms with Crippen LogP contribution in [0.2, 0.25) is 0 Å². The molecule has 2 heterocycles. The van der Waals surface area contributed by atoms with Crippen molar-refractivity contribution < 1.29 is 38.3 Å². The summed E-state index contributed by atoms with van der Waals surface area (Å²) in [7, 11) is -4.51. The molecule has 0 saturated carbocycles. The third kappa shape index (κ3) is 6.76. The molecule has 2 aliphatic rings. The van der Waals surface area contributed by atoms with Crippen LogP contribution in [0.3, 0.4) is 0 Å². The first kappa shape index (κ1) is 27.5. The van der Waals surface area contributed by atoms with E-state index < -0.39 is 52.2 Å². The van der Waals surface area contributed by atoms with Crippen LogP contribution in [-0.2, 0) is 19.5 Å². The molecule has 2 aliphatic heterocycles. The zero-order valence-corrected chi connectivity index (χ0v) is 20.2. The maximum atomic E-state index is 12.9. The molecule has 0 aromatic heterocycles. The number of nitrogens with zero attached hydrogens (tertiary/aromatic N) is 2. The molecule has 0 amide bonds. The fraction of sp³-hybridized carbons (Fsp3) is 0.591. The van der Waals surface area contributed by atoms with E-state index in [2.05, 4.69) is 10.2 Å². The van der Waals surface area contributed by atoms with E-state index in [4.69, 9.17) is 14.6 Å². The highest BCUT2D eigenvalue weighted by Gasteiger charge is 2.45. The van der Waals surface area contributed by atoms with Gasteiger partial charge in [-0.15, -0.1) is 0 Å². The second-order valence-electron chi connectivity index (χ2n) is 8.40. The molecule has 5 atom stereocenters. The zero-order chi connectivity index (χ0) is 25.6. The number of ether oxygens (including phenoxy) is 2. The Kier molecular flexibility index (Phi) is 9.59. The first-order valence-corrected chi connectivity index (χ1v) is 12.7. The van der Waals surface area contributed by atoms with E-state index in [1.165, 1.54) is 6.92 Å². The maximum absolute atomic E-state index is 12.9. The van der Waals surface area contributed by atoms with E-state index in [1.807, 2.05) is 4.72 Å². The molecule has 2 fully saturated rings. The summed E-state index contributed by atoms with van der Waals surface area (Å²) in [4.78, 5) is 1.69. The van der Waals surface area contributed by atoms with Gasteiger partial charge in [0.2, 0.25) is 0 Å². The van der Waals surface area contributed by atoms with Crippen LogP contribution in [0.4, 0.5) is 5.69 Å². The van der Waals surface area contributed by atoms with Gasteiger partial charge in [-0.1, -0.05) is 12.1 Å². The zero-order valence-electron chi connectivity index (χ0n) is 19.4. The van der Waals surface area contributed by atoms with Crippen molar-refractivity contribution in [2.24, 2.45) is 0 Å². The number of benzene rings is 1. The SMILES string of the molecule is C/C(=C(/C#N)S(=O)(=O)N[C@H]1C(O)O[C@H](CO)[C@@H](O)[C@@H]1O)c1ccc(NCCN2CCOCC2)cc1. The first-order chi connectivity index (χ1) is 16.7. The lowest BCUT2D eigenvalue weighted by Crippen LogP contribution is -2.64. The van der Waals surface area contributed by atoms with Gasteiger partial charge in [-0.2, -0.15) is 9.98 Å². The van der Waals surface area contributed by atoms with Crippen LogP contribution in [0.1, 0.15) is 12.5 Å². The molecule has 3 rings (SSSR count). The molecule has 2 saturated heterocycles. The van der Waals surface area contributed by atoms with Crippen LogP contribution >= 0.6 is 0 Å². The second-order valence-corrected chi connectivity index (χ2v) is 10.1. The third-order valence-electron chi connectivity index (χ3n) is 6.08. The van der Waals surface area contributed by atoms with Gasteiger partial charge in [0.1, 0.15) is 30.4 Å². The monoisotopic (exact) mass is 512 g/mol. The summed E-state index contributed by atoms with van der Waals surface area (Å²) in [5.74, 6) is 0. The number of hydrogen-bond donors (Lipinski definition) is 6. The van der Waals surface area contributed by atoms with Crippen molar-refractivity contribution in [3.63, 3.8) is 0 Å². The Bertz CT molecular complexity index is 1020. The minimum absolute atomic E-state index is 0.161. The van der Waals surface area contributed by atoms with E-state index in [0.29, 0.717) is 5.56 Å². The van der Waals surface area contributed by atoms with Gasteiger partial charge in [-0.3, -0.25) is 4.90 Å². The summed E-state index contributed by atoms with van der Waals surface area (Å²) in [6.07, 6.45) is -6.54. The Hall–Kier alpha value is -2.12. The minimum atomic E-state index is -4.51. The lowest BCUT2D eigenvalue weighted by molar-refractivity contribution is -0.251. The molecule has 13 heteroatoms. The topological polar surface area (TPSA) is 185 Å². The molecule has 35 heavy (non-hydrogen) atoms. The molecule has 1 aromatic carbocycles. The summed E-state index contributed by atoms with van der Waals surface area (Å²) in [5, 5.41) is 52.3. The average molecular weight is 513 g/mol. The minimum Gasteiger partial charge on any atom is -0.394 e. The van der Waals surface area contributed by atoms with Gasteiger partial charge in [0.25, 0.3) is 10.0 Å². The standard InChI is InChI=1S/C22H32N4O8S/c1-14(15-2-4-16(5-3-15)24-6-7-26-8-10-33-11-9-26)18(12-23)35(31,32)25-19-21(29)20(28)17(13-27)34-22(19)30/h2-5,17,19-22,24-25,27-30H,6-11,13H2,1H3/b18-14+/t17-,19-,20-,21-,22?/m1/s1. The molecule has 194 valence electrons. The smallest absolute Gasteiger partial charge is 0.251 e. The quantitative estimate of drug-likeness (QED) is 0.210. The van der Waals surface area contributed by atoms with Gasteiger partial charge in [0, 0.05) is 31.9 Å². The van der Waals surface area contributed by atoms with Gasteiger partial charge in [-0.05, 0) is 30.2 Å². The predicted octanol–water partition coefficient (Wildman–Crippen LogP) is -1.60. The molecule has 12 nitrogen and oxygen atoms in total. The van der Waals surface area contributed by atoms with Crippen molar-refractivity contribution in [3.05, 3.63) is 34.7 Å². The molecule has 0 radical (unpaired) electrons. The largest absolute Gasteiger partial charge is 0.394 e. The van der Waals surface area contributed by atoms with Gasteiger partial charge >= 0.3 is 0 Å². The Morgan fingerprint density at radius 3 is 2.43 bits per heavy atom. The highest BCUT2D eigenvalue weighted by molar-refractivity contribution is 7.93. The Balaban J connectivity index is 1.68. The predicted molar refractivity (Wildman–Crippen MR) is 126 cm³/mol. The van der Waals surface area contributed by atoms with Crippen molar-refractivity contribution >= 4 is 21.3 Å². The molecular formula is C22H32N4O8S. The molecule has 0 spiro atoms. The van der Waals surface area contributed by atoms with Crippen molar-refractivity contribution in [1.82, 2.24) is 9.62 Å². The fourth-order valence-corrected chi connectivity index (χ4v) is 5.33. The van der Waals surface area contributed by atoms with Crippen LogP contribution in [0.15, 0.2) is 29.2 Å². The number of allylic oxidation sites excluding steroid dienone is 2. The van der Waals surface area contributed by atoms with E-state index in [0.717, 1.165) is 45.1 Å². The number of aliphatic hydroxyl groups is 4. The van der Waals surface area contributed by atoms with Gasteiger partial charge in [0.15, 0.2) is 11.2 Å². The number of aliphatic hydroxyl groups excluding tert-OH is 4. The summed E-state index contributed by atoms with van der Waals surface area (Å²) in [6, 6.07) is 6.94. The molecular weight excluding hydrogens is 480 g/mol. The normalized spacial score (nSPS) is 28.7. The van der Waals surface area contributed by atoms with Crippen molar-refractivity contribution in [2.45, 2.75) is 37.6 Å². The number of anilines is 1. The number of hydrogen-bond acceptors (Lipinski definition) is 11. The van der Waals surface area contributed by atoms with Crippen LogP contribution in [0, 0.1) is 11.3 Å². The first-order valence-electron chi connectivity index (χ1n) is 11.3. The van der Waals surface area contributed by atoms with Crippen molar-refractivity contribution in [2.75, 3.05) is 51.3 Å². The summed E-state index contributed by atoms with van der Waals surface area (Å²) in [5.41, 5.74) is 1.49. The molecule has 0 bridgehead atoms. The average Bonchev–Trinajstić information content (AvgIpc) is 2.85. The van der Waals surface area contributed by atoms with E-state index in [9.17, 15) is 29.0 Å². The van der Waals surface area contributed by atoms with Crippen molar-refractivity contribution in [3.8, 4) is 6.07 Å². The number of nitriles is 1. The summed E-state index contributed by atoms with van der Waals surface area (Å²) < 4.78 is 38.2. The Labute approximate surface area is 204 Å². The van der Waals surface area contributed by atoms with E-state index in [-0.39, 0.29) is 5.57 Å². The Morgan fingerprint density at radius 2 is 1.83 bits per heavy atom. The van der Waals surface area contributed by atoms with Gasteiger partial charge in [-0.25, -0.2) is 8.42 Å². The van der Waals surface area contributed by atoms with Gasteiger partial charge < -0.3 is 35.2 Å². The van der Waals surface area contributed by atoms with E-state index >= 15 is 0 Å².